The van der Waals surface area contributed by atoms with Gasteiger partial charge in [0.2, 0.25) is 0 Å². The molecule has 1 aliphatic heterocycles. The number of nitrogens with zero attached hydrogens (tertiary/aromatic N) is 1. The van der Waals surface area contributed by atoms with Gasteiger partial charge >= 0.3 is 0 Å². The van der Waals surface area contributed by atoms with Crippen LogP contribution < -0.4 is 5.73 Å². The lowest BCUT2D eigenvalue weighted by Gasteiger charge is -2.21. The summed E-state index contributed by atoms with van der Waals surface area (Å²) < 4.78 is 0. The first kappa shape index (κ1) is 16.3. The molecule has 22 heavy (non-hydrogen) atoms. The fraction of sp³-hybridized carbons (Fsp3) is 0.438. The number of aliphatic hydroxyl groups is 1. The lowest BCUT2D eigenvalue weighted by atomic mass is 10.0. The van der Waals surface area contributed by atoms with Crippen molar-refractivity contribution in [2.24, 2.45) is 5.73 Å². The number of carbonyl (C=O) groups is 2. The molecule has 1 aromatic rings. The number of nitrogens with one attached hydrogen (secondary N) is 1. The summed E-state index contributed by atoms with van der Waals surface area (Å²) >= 11 is 0. The van der Waals surface area contributed by atoms with E-state index in [0.717, 1.165) is 24.0 Å². The first-order chi connectivity index (χ1) is 10.4. The minimum atomic E-state index is -1.00. The van der Waals surface area contributed by atoms with Crippen LogP contribution in [0.5, 0.6) is 0 Å². The first-order valence-electron chi connectivity index (χ1n) is 7.30. The minimum Gasteiger partial charge on any atom is -0.375 e. The van der Waals surface area contributed by atoms with Gasteiger partial charge in [0.1, 0.15) is 17.7 Å². The molecule has 0 saturated carbocycles. The van der Waals surface area contributed by atoms with Crippen LogP contribution in [0.4, 0.5) is 0 Å². The van der Waals surface area contributed by atoms with Gasteiger partial charge in [-0.2, -0.15) is 0 Å². The standard InChI is InChI=1S/C16H21N3O3/c1-10(20)7-14(17)16(22)19-6-2-3-11-8-12(15(18)21)4-5-13(11)9-19/h4-5,8,15,17,21H,2-3,6-7,9,18H2,1H3. The van der Waals surface area contributed by atoms with E-state index >= 15 is 0 Å². The van der Waals surface area contributed by atoms with Crippen LogP contribution in [0.15, 0.2) is 18.2 Å². The molecule has 0 fully saturated rings. The van der Waals surface area contributed by atoms with Crippen LogP contribution in [0.3, 0.4) is 0 Å². The molecule has 6 heteroatoms. The van der Waals surface area contributed by atoms with E-state index in [2.05, 4.69) is 0 Å². The topological polar surface area (TPSA) is 107 Å². The molecule has 0 saturated heterocycles. The molecule has 1 heterocycles. The molecular formula is C16H21N3O3. The highest BCUT2D eigenvalue weighted by Gasteiger charge is 2.23. The monoisotopic (exact) mass is 303 g/mol. The van der Waals surface area contributed by atoms with E-state index in [-0.39, 0.29) is 23.8 Å². The van der Waals surface area contributed by atoms with Crippen molar-refractivity contribution in [2.45, 2.75) is 39.0 Å². The van der Waals surface area contributed by atoms with Crippen LogP contribution in [0, 0.1) is 5.41 Å². The summed E-state index contributed by atoms with van der Waals surface area (Å²) in [5.74, 6) is -0.568. The zero-order chi connectivity index (χ0) is 16.3. The Morgan fingerprint density at radius 1 is 1.41 bits per heavy atom. The van der Waals surface area contributed by atoms with E-state index in [1.807, 2.05) is 12.1 Å². The SMILES string of the molecule is CC(=O)CC(=N)C(=O)N1CCCc2cc(C(N)O)ccc2C1. The zero-order valence-electron chi connectivity index (χ0n) is 12.6. The smallest absolute Gasteiger partial charge is 0.268 e. The van der Waals surface area contributed by atoms with Gasteiger partial charge in [-0.1, -0.05) is 18.2 Å². The summed E-state index contributed by atoms with van der Waals surface area (Å²) in [7, 11) is 0. The Bertz CT molecular complexity index is 611. The van der Waals surface area contributed by atoms with Crippen molar-refractivity contribution in [1.29, 1.82) is 5.41 Å². The third-order valence-corrected chi connectivity index (χ3v) is 3.78. The Balaban J connectivity index is 2.17. The predicted octanol–water partition coefficient (Wildman–Crippen LogP) is 0.910. The number of Topliss-reactive ketones (excluding diaryl/α,β-unsaturated/α-hetero) is 1. The molecule has 1 aliphatic rings. The molecule has 0 bridgehead atoms. The lowest BCUT2D eigenvalue weighted by Crippen LogP contribution is -2.36. The van der Waals surface area contributed by atoms with Crippen molar-refractivity contribution in [3.05, 3.63) is 34.9 Å². The maximum atomic E-state index is 12.3. The number of ketones is 1. The van der Waals surface area contributed by atoms with Crippen LogP contribution in [0.25, 0.3) is 0 Å². The highest BCUT2D eigenvalue weighted by molar-refractivity contribution is 6.40. The Hall–Kier alpha value is -2.05. The average Bonchev–Trinajstić information content (AvgIpc) is 2.66. The van der Waals surface area contributed by atoms with Crippen molar-refractivity contribution in [1.82, 2.24) is 4.90 Å². The van der Waals surface area contributed by atoms with E-state index in [0.29, 0.717) is 18.7 Å². The number of aliphatic hydroxyl groups excluding tert-OH is 1. The number of benzene rings is 1. The van der Waals surface area contributed by atoms with Crippen LogP contribution in [-0.4, -0.2) is 34.0 Å². The highest BCUT2D eigenvalue weighted by Crippen LogP contribution is 2.22. The molecular weight excluding hydrogens is 282 g/mol. The van der Waals surface area contributed by atoms with Crippen LogP contribution in [0.2, 0.25) is 0 Å². The Kier molecular flexibility index (Phi) is 5.05. The first-order valence-corrected chi connectivity index (χ1v) is 7.30. The maximum absolute atomic E-state index is 12.3. The van der Waals surface area contributed by atoms with Gasteiger partial charge in [-0.05, 0) is 36.5 Å². The predicted molar refractivity (Wildman–Crippen MR) is 82.4 cm³/mol. The Morgan fingerprint density at radius 3 is 2.77 bits per heavy atom. The molecule has 1 amide bonds. The second-order valence-corrected chi connectivity index (χ2v) is 5.66. The van der Waals surface area contributed by atoms with Crippen molar-refractivity contribution < 1.29 is 14.7 Å². The summed E-state index contributed by atoms with van der Waals surface area (Å²) in [6.07, 6.45) is 0.436. The molecule has 0 aromatic heterocycles. The van der Waals surface area contributed by atoms with Gasteiger partial charge in [0.15, 0.2) is 0 Å². The summed E-state index contributed by atoms with van der Waals surface area (Å²) in [6, 6.07) is 5.48. The quantitative estimate of drug-likeness (QED) is 0.567. The molecule has 4 N–H and O–H groups in total. The second kappa shape index (κ2) is 6.81. The van der Waals surface area contributed by atoms with Crippen LogP contribution >= 0.6 is 0 Å². The van der Waals surface area contributed by atoms with Gasteiger partial charge in [0.05, 0.1) is 6.42 Å². The summed E-state index contributed by atoms with van der Waals surface area (Å²) in [5, 5.41) is 17.2. The fourth-order valence-corrected chi connectivity index (χ4v) is 2.65. The van der Waals surface area contributed by atoms with Crippen LogP contribution in [0.1, 0.15) is 42.7 Å². The summed E-state index contributed by atoms with van der Waals surface area (Å²) in [4.78, 5) is 24.9. The maximum Gasteiger partial charge on any atom is 0.268 e. The normalized spacial score (nSPS) is 15.7. The van der Waals surface area contributed by atoms with Gasteiger partial charge in [0.25, 0.3) is 5.91 Å². The highest BCUT2D eigenvalue weighted by atomic mass is 16.3. The fourth-order valence-electron chi connectivity index (χ4n) is 2.65. The Morgan fingerprint density at radius 2 is 2.14 bits per heavy atom. The van der Waals surface area contributed by atoms with Gasteiger partial charge in [0, 0.05) is 13.1 Å². The zero-order valence-corrected chi connectivity index (χ0v) is 12.6. The molecule has 1 unspecified atom stereocenters. The molecule has 1 aromatic carbocycles. The molecule has 2 rings (SSSR count). The molecule has 0 spiro atoms. The van der Waals surface area contributed by atoms with Crippen molar-refractivity contribution in [2.75, 3.05) is 6.54 Å². The number of amides is 1. The van der Waals surface area contributed by atoms with E-state index in [9.17, 15) is 14.7 Å². The van der Waals surface area contributed by atoms with Crippen molar-refractivity contribution in [3.8, 4) is 0 Å². The van der Waals surface area contributed by atoms with E-state index in [1.165, 1.54) is 6.92 Å². The number of aryl methyl sites for hydroxylation is 1. The second-order valence-electron chi connectivity index (χ2n) is 5.66. The number of carbonyl (C=O) groups excluding carboxylic acids is 2. The molecule has 1 atom stereocenters. The van der Waals surface area contributed by atoms with Gasteiger partial charge in [-0.25, -0.2) is 0 Å². The minimum absolute atomic E-state index is 0.125. The van der Waals surface area contributed by atoms with E-state index < -0.39 is 6.23 Å². The summed E-state index contributed by atoms with van der Waals surface area (Å²) in [6.45, 7) is 2.34. The van der Waals surface area contributed by atoms with Gasteiger partial charge in [-0.3, -0.25) is 15.0 Å². The number of hydrogen-bond acceptors (Lipinski definition) is 5. The number of hydrogen-bond donors (Lipinski definition) is 3. The number of nitrogens with two attached hydrogens (primary N) is 1. The largest absolute Gasteiger partial charge is 0.375 e. The third-order valence-electron chi connectivity index (χ3n) is 3.78. The summed E-state index contributed by atoms with van der Waals surface area (Å²) in [5.41, 5.74) is 8.03. The third kappa shape index (κ3) is 3.78. The van der Waals surface area contributed by atoms with Crippen molar-refractivity contribution >= 4 is 17.4 Å². The Labute approximate surface area is 129 Å². The number of fused-ring (bicyclic) bond motifs is 1. The molecule has 0 aliphatic carbocycles. The molecule has 6 nitrogen and oxygen atoms in total. The van der Waals surface area contributed by atoms with Crippen LogP contribution in [-0.2, 0) is 22.6 Å². The lowest BCUT2D eigenvalue weighted by molar-refractivity contribution is -0.125. The van der Waals surface area contributed by atoms with Gasteiger partial charge < -0.3 is 15.7 Å². The average molecular weight is 303 g/mol. The number of rotatable bonds is 4. The van der Waals surface area contributed by atoms with E-state index in [4.69, 9.17) is 11.1 Å². The molecule has 118 valence electrons. The van der Waals surface area contributed by atoms with Gasteiger partial charge in [-0.15, -0.1) is 0 Å². The van der Waals surface area contributed by atoms with E-state index in [1.54, 1.807) is 11.0 Å². The van der Waals surface area contributed by atoms with Crippen molar-refractivity contribution in [3.63, 3.8) is 0 Å². The molecule has 0 radical (unpaired) electrons.